The first-order valence-corrected chi connectivity index (χ1v) is 11.6. The molecule has 170 valence electrons. The molecule has 4 rings (SSSR count). The first kappa shape index (κ1) is 23.4. The van der Waals surface area contributed by atoms with Gasteiger partial charge < -0.3 is 4.74 Å². The molecule has 4 aromatic rings. The number of benzene rings is 3. The molecule has 0 fully saturated rings. The topological polar surface area (TPSA) is 45.9 Å². The molecular formula is C31H30N2O. The third-order valence-electron chi connectivity index (χ3n) is 6.80. The van der Waals surface area contributed by atoms with Gasteiger partial charge in [0, 0.05) is 23.5 Å². The van der Waals surface area contributed by atoms with Gasteiger partial charge >= 0.3 is 0 Å². The summed E-state index contributed by atoms with van der Waals surface area (Å²) < 4.78 is 6.64. The zero-order chi connectivity index (χ0) is 24.2. The van der Waals surface area contributed by atoms with Crippen molar-refractivity contribution in [2.75, 3.05) is 0 Å². The predicted octanol–water partition coefficient (Wildman–Crippen LogP) is 7.47. The van der Waals surface area contributed by atoms with Crippen molar-refractivity contribution in [3.05, 3.63) is 123 Å². The van der Waals surface area contributed by atoms with Crippen molar-refractivity contribution in [2.24, 2.45) is 0 Å². The van der Waals surface area contributed by atoms with Gasteiger partial charge in [-0.3, -0.25) is 4.98 Å². The smallest absolute Gasteiger partial charge is 0.109 e. The number of nitrogens with zero attached hydrogens (tertiary/aromatic N) is 2. The predicted molar refractivity (Wildman–Crippen MR) is 138 cm³/mol. The molecule has 0 saturated heterocycles. The van der Waals surface area contributed by atoms with Crippen LogP contribution in [0.1, 0.15) is 56.2 Å². The molecule has 1 aromatic heterocycles. The molecule has 0 aliphatic rings. The lowest BCUT2D eigenvalue weighted by atomic mass is 9.92. The van der Waals surface area contributed by atoms with Gasteiger partial charge in [-0.25, -0.2) is 0 Å². The van der Waals surface area contributed by atoms with Gasteiger partial charge in [0.1, 0.15) is 6.10 Å². The minimum atomic E-state index is -0.302. The molecule has 3 heteroatoms. The molecule has 34 heavy (non-hydrogen) atoms. The molecule has 1 unspecified atom stereocenters. The molecule has 0 bridgehead atoms. The first-order valence-electron chi connectivity index (χ1n) is 11.6. The summed E-state index contributed by atoms with van der Waals surface area (Å²) in [6.45, 7) is 11.2. The maximum absolute atomic E-state index is 9.79. The van der Waals surface area contributed by atoms with E-state index in [4.69, 9.17) is 4.74 Å². The van der Waals surface area contributed by atoms with E-state index in [0.29, 0.717) is 12.2 Å². The van der Waals surface area contributed by atoms with Crippen molar-refractivity contribution >= 4 is 0 Å². The van der Waals surface area contributed by atoms with Crippen LogP contribution >= 0.6 is 0 Å². The zero-order valence-electron chi connectivity index (χ0n) is 20.5. The third kappa shape index (κ3) is 4.64. The summed E-state index contributed by atoms with van der Waals surface area (Å²) in [4.78, 5) is 4.35. The maximum Gasteiger partial charge on any atom is 0.109 e. The Kier molecular flexibility index (Phi) is 6.91. The van der Waals surface area contributed by atoms with Crippen LogP contribution in [0, 0.1) is 45.9 Å². The Labute approximate surface area is 202 Å². The Morgan fingerprint density at radius 3 is 2.18 bits per heavy atom. The minimum Gasteiger partial charge on any atom is -0.364 e. The Balaban J connectivity index is 1.79. The number of aryl methyl sites for hydroxylation is 3. The van der Waals surface area contributed by atoms with E-state index in [1.54, 1.807) is 6.20 Å². The van der Waals surface area contributed by atoms with E-state index in [0.717, 1.165) is 27.8 Å². The van der Waals surface area contributed by atoms with Gasteiger partial charge in [0.2, 0.25) is 0 Å². The van der Waals surface area contributed by atoms with Crippen LogP contribution in [0.15, 0.2) is 73.1 Å². The van der Waals surface area contributed by atoms with Crippen LogP contribution in [0.25, 0.3) is 11.1 Å². The van der Waals surface area contributed by atoms with Gasteiger partial charge in [-0.05, 0) is 97.3 Å². The second-order valence-corrected chi connectivity index (χ2v) is 8.95. The summed E-state index contributed by atoms with van der Waals surface area (Å²) in [6, 6.07) is 22.7. The number of rotatable bonds is 6. The number of hydrogen-bond acceptors (Lipinski definition) is 3. The summed E-state index contributed by atoms with van der Waals surface area (Å²) in [5.41, 5.74) is 12.1. The molecule has 0 radical (unpaired) electrons. The summed E-state index contributed by atoms with van der Waals surface area (Å²) in [6.07, 6.45) is 3.33. The molecule has 0 spiro atoms. The molecular weight excluding hydrogens is 416 g/mol. The van der Waals surface area contributed by atoms with Crippen molar-refractivity contribution in [2.45, 2.75) is 47.3 Å². The summed E-state index contributed by atoms with van der Waals surface area (Å²) in [7, 11) is 0. The Hall–Kier alpha value is -3.74. The first-order chi connectivity index (χ1) is 16.4. The van der Waals surface area contributed by atoms with Crippen molar-refractivity contribution in [3.63, 3.8) is 0 Å². The second-order valence-electron chi connectivity index (χ2n) is 8.95. The average molecular weight is 447 g/mol. The molecule has 0 N–H and O–H groups in total. The Morgan fingerprint density at radius 1 is 0.794 bits per heavy atom. The molecule has 3 nitrogen and oxygen atoms in total. The van der Waals surface area contributed by atoms with Gasteiger partial charge in [-0.15, -0.1) is 0 Å². The van der Waals surface area contributed by atoms with Gasteiger partial charge in [0.15, 0.2) is 0 Å². The van der Waals surface area contributed by atoms with Crippen molar-refractivity contribution in [1.29, 1.82) is 5.26 Å². The average Bonchev–Trinajstić information content (AvgIpc) is 2.85. The number of hydrogen-bond donors (Lipinski definition) is 0. The standard InChI is InChI=1S/C31H30N2O/c1-20-9-6-7-11-28(20)29-16-25(12-13-26(29)17-32)31(27-10-8-14-33-18-27)34-19-30-23(4)21(2)15-22(3)24(30)5/h6-16,18,31H,19H2,1-5H3. The molecule has 0 amide bonds. The van der Waals surface area contributed by atoms with Crippen molar-refractivity contribution in [1.82, 2.24) is 4.98 Å². The molecule has 1 heterocycles. The number of nitriles is 1. The van der Waals surface area contributed by atoms with Gasteiger partial charge in [0.25, 0.3) is 0 Å². The number of pyridine rings is 1. The molecule has 3 aromatic carbocycles. The van der Waals surface area contributed by atoms with Crippen molar-refractivity contribution in [3.8, 4) is 17.2 Å². The lowest BCUT2D eigenvalue weighted by molar-refractivity contribution is 0.0658. The zero-order valence-corrected chi connectivity index (χ0v) is 20.5. The fourth-order valence-electron chi connectivity index (χ4n) is 4.52. The largest absolute Gasteiger partial charge is 0.364 e. The van der Waals surface area contributed by atoms with E-state index in [-0.39, 0.29) is 6.10 Å². The van der Waals surface area contributed by atoms with Crippen molar-refractivity contribution < 1.29 is 4.74 Å². The normalized spacial score (nSPS) is 11.8. The maximum atomic E-state index is 9.79. The third-order valence-corrected chi connectivity index (χ3v) is 6.80. The highest BCUT2D eigenvalue weighted by molar-refractivity contribution is 5.74. The highest BCUT2D eigenvalue weighted by atomic mass is 16.5. The molecule has 0 aliphatic carbocycles. The number of aromatic nitrogens is 1. The van der Waals surface area contributed by atoms with Gasteiger partial charge in [-0.2, -0.15) is 5.26 Å². The Bertz CT molecular complexity index is 1340. The van der Waals surface area contributed by atoms with Crippen LogP contribution < -0.4 is 0 Å². The van der Waals surface area contributed by atoms with Gasteiger partial charge in [-0.1, -0.05) is 42.5 Å². The van der Waals surface area contributed by atoms with Crippen LogP contribution in [0.3, 0.4) is 0 Å². The quantitative estimate of drug-likeness (QED) is 0.309. The van der Waals surface area contributed by atoms with E-state index in [1.807, 2.05) is 42.6 Å². The van der Waals surface area contributed by atoms with Crippen LogP contribution in [-0.2, 0) is 11.3 Å². The van der Waals surface area contributed by atoms with Crippen LogP contribution in [0.5, 0.6) is 0 Å². The van der Waals surface area contributed by atoms with Gasteiger partial charge in [0.05, 0.1) is 18.2 Å². The molecule has 0 aliphatic heterocycles. The lowest BCUT2D eigenvalue weighted by Gasteiger charge is -2.22. The van der Waals surface area contributed by atoms with E-state index < -0.39 is 0 Å². The fourth-order valence-corrected chi connectivity index (χ4v) is 4.52. The highest BCUT2D eigenvalue weighted by Crippen LogP contribution is 2.34. The highest BCUT2D eigenvalue weighted by Gasteiger charge is 2.20. The van der Waals surface area contributed by atoms with Crippen LogP contribution in [0.2, 0.25) is 0 Å². The Morgan fingerprint density at radius 2 is 1.53 bits per heavy atom. The van der Waals surface area contributed by atoms with E-state index in [1.165, 1.54) is 27.8 Å². The van der Waals surface area contributed by atoms with E-state index in [9.17, 15) is 5.26 Å². The number of ether oxygens (including phenoxy) is 1. The monoisotopic (exact) mass is 446 g/mol. The van der Waals surface area contributed by atoms with E-state index >= 15 is 0 Å². The van der Waals surface area contributed by atoms with Crippen LogP contribution in [0.4, 0.5) is 0 Å². The molecule has 1 atom stereocenters. The fraction of sp³-hybridized carbons (Fsp3) is 0.226. The minimum absolute atomic E-state index is 0.302. The SMILES string of the molecule is Cc1ccccc1-c1cc(C(OCc2c(C)c(C)cc(C)c2C)c2cccnc2)ccc1C#N. The summed E-state index contributed by atoms with van der Waals surface area (Å²) >= 11 is 0. The lowest BCUT2D eigenvalue weighted by Crippen LogP contribution is -2.10. The van der Waals surface area contributed by atoms with E-state index in [2.05, 4.69) is 69.9 Å². The summed E-state index contributed by atoms with van der Waals surface area (Å²) in [5.74, 6) is 0. The second kappa shape index (κ2) is 10.0. The molecule has 0 saturated carbocycles. The summed E-state index contributed by atoms with van der Waals surface area (Å²) in [5, 5.41) is 9.79. The van der Waals surface area contributed by atoms with Crippen LogP contribution in [-0.4, -0.2) is 4.98 Å².